The van der Waals surface area contributed by atoms with Gasteiger partial charge in [0.2, 0.25) is 0 Å². The van der Waals surface area contributed by atoms with Gasteiger partial charge in [-0.15, -0.1) is 11.3 Å². The molecule has 0 saturated heterocycles. The molecule has 0 saturated carbocycles. The first-order valence-electron chi connectivity index (χ1n) is 5.73. The van der Waals surface area contributed by atoms with E-state index in [1.165, 1.54) is 0 Å². The molecule has 4 heteroatoms. The first-order chi connectivity index (χ1) is 8.60. The van der Waals surface area contributed by atoms with Crippen molar-refractivity contribution in [3.63, 3.8) is 0 Å². The van der Waals surface area contributed by atoms with Gasteiger partial charge in [-0.2, -0.15) is 5.26 Å². The number of thiazole rings is 1. The van der Waals surface area contributed by atoms with Gasteiger partial charge in [0.15, 0.2) is 0 Å². The first-order valence-corrected chi connectivity index (χ1v) is 6.55. The third-order valence-corrected chi connectivity index (χ3v) is 3.29. The van der Waals surface area contributed by atoms with Crippen molar-refractivity contribution in [2.24, 2.45) is 0 Å². The minimum atomic E-state index is 0.0602. The predicted octanol–water partition coefficient (Wildman–Crippen LogP) is 3.78. The smallest absolute Gasteiger partial charge is 0.137 e. The lowest BCUT2D eigenvalue weighted by atomic mass is 10.1. The highest BCUT2D eigenvalue weighted by atomic mass is 32.1. The molecule has 0 unspecified atom stereocenters. The number of nitrogens with zero attached hydrogens (tertiary/aromatic N) is 2. The topological polar surface area (TPSA) is 45.9 Å². The molecular weight excluding hydrogens is 244 g/mol. The molecule has 1 heterocycles. The van der Waals surface area contributed by atoms with Crippen molar-refractivity contribution in [2.75, 3.05) is 0 Å². The van der Waals surface area contributed by atoms with Gasteiger partial charge >= 0.3 is 0 Å². The average molecular weight is 258 g/mol. The summed E-state index contributed by atoms with van der Waals surface area (Å²) in [6.07, 6.45) is 1.90. The van der Waals surface area contributed by atoms with Gasteiger partial charge in [0.05, 0.1) is 11.7 Å². The van der Waals surface area contributed by atoms with E-state index in [0.29, 0.717) is 11.3 Å². The maximum atomic E-state index is 9.16. The lowest BCUT2D eigenvalue weighted by molar-refractivity contribution is 0.242. The van der Waals surface area contributed by atoms with Crippen molar-refractivity contribution in [1.82, 2.24) is 4.98 Å². The van der Waals surface area contributed by atoms with Crippen molar-refractivity contribution in [1.29, 1.82) is 5.26 Å². The molecule has 0 bridgehead atoms. The molecule has 0 aliphatic heterocycles. The number of benzene rings is 1. The standard InChI is InChI=1S/C14H14N2OS/c1-9(2)17-13-5-4-11(6-12(13)7-15)14-16-8-10(3)18-14/h4-6,8-9H,1-3H3. The Labute approximate surface area is 111 Å². The molecule has 0 aliphatic carbocycles. The minimum Gasteiger partial charge on any atom is -0.490 e. The van der Waals surface area contributed by atoms with E-state index in [2.05, 4.69) is 11.1 Å². The van der Waals surface area contributed by atoms with Gasteiger partial charge in [0, 0.05) is 16.6 Å². The summed E-state index contributed by atoms with van der Waals surface area (Å²) in [6, 6.07) is 7.78. The molecular formula is C14H14N2OS. The number of aromatic nitrogens is 1. The van der Waals surface area contributed by atoms with Crippen LogP contribution in [0, 0.1) is 18.3 Å². The third-order valence-electron chi connectivity index (χ3n) is 2.33. The largest absolute Gasteiger partial charge is 0.490 e. The normalized spacial score (nSPS) is 10.4. The number of nitriles is 1. The molecule has 0 atom stereocenters. The molecule has 92 valence electrons. The third kappa shape index (κ3) is 2.69. The van der Waals surface area contributed by atoms with Crippen LogP contribution >= 0.6 is 11.3 Å². The Morgan fingerprint density at radius 3 is 2.72 bits per heavy atom. The predicted molar refractivity (Wildman–Crippen MR) is 72.8 cm³/mol. The van der Waals surface area contributed by atoms with E-state index in [9.17, 15) is 0 Å². The molecule has 1 aromatic carbocycles. The van der Waals surface area contributed by atoms with E-state index < -0.39 is 0 Å². The van der Waals surface area contributed by atoms with E-state index in [4.69, 9.17) is 10.00 Å². The first kappa shape index (κ1) is 12.6. The van der Waals surface area contributed by atoms with Crippen LogP contribution in [0.15, 0.2) is 24.4 Å². The summed E-state index contributed by atoms with van der Waals surface area (Å²) in [6.45, 7) is 5.90. The van der Waals surface area contributed by atoms with Crippen LogP contribution in [0.1, 0.15) is 24.3 Å². The minimum absolute atomic E-state index is 0.0602. The number of hydrogen-bond acceptors (Lipinski definition) is 4. The van der Waals surface area contributed by atoms with Crippen LogP contribution in [0.2, 0.25) is 0 Å². The van der Waals surface area contributed by atoms with Crippen LogP contribution in [0.25, 0.3) is 10.6 Å². The summed E-state index contributed by atoms with van der Waals surface area (Å²) in [5, 5.41) is 10.1. The molecule has 1 aromatic heterocycles. The number of aryl methyl sites for hydroxylation is 1. The second-order valence-corrected chi connectivity index (χ2v) is 5.50. The highest BCUT2D eigenvalue weighted by Gasteiger charge is 2.09. The number of rotatable bonds is 3. The van der Waals surface area contributed by atoms with E-state index in [-0.39, 0.29) is 6.10 Å². The number of ether oxygens (including phenoxy) is 1. The molecule has 2 rings (SSSR count). The Hall–Kier alpha value is -1.86. The molecule has 0 N–H and O–H groups in total. The average Bonchev–Trinajstić information content (AvgIpc) is 2.75. The van der Waals surface area contributed by atoms with Crippen LogP contribution in [-0.2, 0) is 0 Å². The SMILES string of the molecule is Cc1cnc(-c2ccc(OC(C)C)c(C#N)c2)s1. The van der Waals surface area contributed by atoms with E-state index in [1.807, 2.05) is 45.2 Å². The summed E-state index contributed by atoms with van der Waals surface area (Å²) < 4.78 is 5.59. The maximum absolute atomic E-state index is 9.16. The van der Waals surface area contributed by atoms with Crippen molar-refractivity contribution in [3.8, 4) is 22.4 Å². The van der Waals surface area contributed by atoms with Gasteiger partial charge in [0.1, 0.15) is 16.8 Å². The van der Waals surface area contributed by atoms with Crippen LogP contribution in [0.3, 0.4) is 0 Å². The quantitative estimate of drug-likeness (QED) is 0.841. The van der Waals surface area contributed by atoms with E-state index >= 15 is 0 Å². The zero-order valence-electron chi connectivity index (χ0n) is 10.6. The number of hydrogen-bond donors (Lipinski definition) is 0. The Balaban J connectivity index is 2.39. The second kappa shape index (κ2) is 5.19. The zero-order chi connectivity index (χ0) is 13.1. The van der Waals surface area contributed by atoms with Crippen LogP contribution in [0.5, 0.6) is 5.75 Å². The Kier molecular flexibility index (Phi) is 3.63. The lowest BCUT2D eigenvalue weighted by Crippen LogP contribution is -2.06. The van der Waals surface area contributed by atoms with Gasteiger partial charge in [-0.3, -0.25) is 0 Å². The Morgan fingerprint density at radius 1 is 1.39 bits per heavy atom. The monoisotopic (exact) mass is 258 g/mol. The van der Waals surface area contributed by atoms with E-state index in [0.717, 1.165) is 15.4 Å². The van der Waals surface area contributed by atoms with Crippen LogP contribution < -0.4 is 4.74 Å². The molecule has 0 aliphatic rings. The summed E-state index contributed by atoms with van der Waals surface area (Å²) in [4.78, 5) is 5.48. The van der Waals surface area contributed by atoms with Gasteiger partial charge in [-0.25, -0.2) is 4.98 Å². The summed E-state index contributed by atoms with van der Waals surface area (Å²) >= 11 is 1.62. The fourth-order valence-electron chi connectivity index (χ4n) is 1.60. The lowest BCUT2D eigenvalue weighted by Gasteiger charge is -2.11. The van der Waals surface area contributed by atoms with Crippen molar-refractivity contribution in [3.05, 3.63) is 34.8 Å². The van der Waals surface area contributed by atoms with Gasteiger partial charge in [0.25, 0.3) is 0 Å². The van der Waals surface area contributed by atoms with Crippen molar-refractivity contribution < 1.29 is 4.74 Å². The Bertz CT molecular complexity index is 596. The molecule has 0 spiro atoms. The highest BCUT2D eigenvalue weighted by molar-refractivity contribution is 7.14. The summed E-state index contributed by atoms with van der Waals surface area (Å²) in [5.74, 6) is 0.629. The van der Waals surface area contributed by atoms with Crippen molar-refractivity contribution >= 4 is 11.3 Å². The van der Waals surface area contributed by atoms with Gasteiger partial charge < -0.3 is 4.74 Å². The molecule has 0 fully saturated rings. The van der Waals surface area contributed by atoms with Crippen molar-refractivity contribution in [2.45, 2.75) is 26.9 Å². The van der Waals surface area contributed by atoms with Gasteiger partial charge in [-0.1, -0.05) is 0 Å². The van der Waals surface area contributed by atoms with Crippen LogP contribution in [0.4, 0.5) is 0 Å². The fourth-order valence-corrected chi connectivity index (χ4v) is 2.36. The fraction of sp³-hybridized carbons (Fsp3) is 0.286. The summed E-state index contributed by atoms with van der Waals surface area (Å²) in [5.41, 5.74) is 1.51. The van der Waals surface area contributed by atoms with Gasteiger partial charge in [-0.05, 0) is 39.0 Å². The summed E-state index contributed by atoms with van der Waals surface area (Å²) in [7, 11) is 0. The highest BCUT2D eigenvalue weighted by Crippen LogP contribution is 2.29. The second-order valence-electron chi connectivity index (χ2n) is 4.27. The zero-order valence-corrected chi connectivity index (χ0v) is 11.4. The van der Waals surface area contributed by atoms with E-state index in [1.54, 1.807) is 11.3 Å². The van der Waals surface area contributed by atoms with Crippen LogP contribution in [-0.4, -0.2) is 11.1 Å². The Morgan fingerprint density at radius 2 is 2.17 bits per heavy atom. The maximum Gasteiger partial charge on any atom is 0.137 e. The molecule has 3 nitrogen and oxygen atoms in total. The molecule has 2 aromatic rings. The molecule has 0 radical (unpaired) electrons. The molecule has 0 amide bonds. The molecule has 18 heavy (non-hydrogen) atoms.